The van der Waals surface area contributed by atoms with E-state index in [4.69, 9.17) is 9.47 Å². The summed E-state index contributed by atoms with van der Waals surface area (Å²) < 4.78 is 11.5. The minimum absolute atomic E-state index is 0. The van der Waals surface area contributed by atoms with Gasteiger partial charge in [0.05, 0.1) is 13.2 Å². The summed E-state index contributed by atoms with van der Waals surface area (Å²) >= 11 is 0. The van der Waals surface area contributed by atoms with Crippen molar-refractivity contribution in [2.75, 3.05) is 7.11 Å². The van der Waals surface area contributed by atoms with Crippen LogP contribution in [0.4, 0.5) is 0 Å². The topological polar surface area (TPSA) is 31.4 Å². The van der Waals surface area contributed by atoms with E-state index in [-0.39, 0.29) is 12.4 Å². The van der Waals surface area contributed by atoms with Gasteiger partial charge in [-0.3, -0.25) is 4.98 Å². The van der Waals surface area contributed by atoms with Crippen LogP contribution >= 0.6 is 12.4 Å². The third-order valence-electron chi connectivity index (χ3n) is 3.77. The minimum atomic E-state index is 0. The molecule has 112 valence electrons. The molecule has 1 saturated carbocycles. The first-order valence-corrected chi connectivity index (χ1v) is 7.12. The Balaban J connectivity index is 0.00000161. The summed E-state index contributed by atoms with van der Waals surface area (Å²) in [7, 11) is 1.68. The number of halogens is 1. The van der Waals surface area contributed by atoms with Gasteiger partial charge in [-0.1, -0.05) is 6.07 Å². The maximum atomic E-state index is 6.12. The lowest BCUT2D eigenvalue weighted by atomic mass is 10.1. The van der Waals surface area contributed by atoms with Crippen LogP contribution in [-0.2, 0) is 0 Å². The van der Waals surface area contributed by atoms with Gasteiger partial charge in [0.15, 0.2) is 11.5 Å². The van der Waals surface area contributed by atoms with Crippen molar-refractivity contribution in [1.29, 1.82) is 0 Å². The number of ether oxygens (including phenoxy) is 2. The summed E-state index contributed by atoms with van der Waals surface area (Å²) in [4.78, 5) is 4.05. The summed E-state index contributed by atoms with van der Waals surface area (Å²) in [5.41, 5.74) is 2.26. The lowest BCUT2D eigenvalue weighted by Crippen LogP contribution is -2.11. The summed E-state index contributed by atoms with van der Waals surface area (Å²) in [5, 5.41) is 0. The third-order valence-corrected chi connectivity index (χ3v) is 3.77. The fraction of sp³-hybridized carbons (Fsp3) is 0.353. The molecule has 1 aliphatic carbocycles. The Morgan fingerprint density at radius 3 is 2.33 bits per heavy atom. The van der Waals surface area contributed by atoms with E-state index in [0.29, 0.717) is 6.10 Å². The number of aromatic nitrogens is 1. The minimum Gasteiger partial charge on any atom is -0.493 e. The Morgan fingerprint density at radius 2 is 1.67 bits per heavy atom. The predicted molar refractivity (Wildman–Crippen MR) is 86.4 cm³/mol. The van der Waals surface area contributed by atoms with Crippen molar-refractivity contribution in [1.82, 2.24) is 4.98 Å². The highest BCUT2D eigenvalue weighted by Crippen LogP contribution is 2.35. The molecule has 3 nitrogen and oxygen atoms in total. The van der Waals surface area contributed by atoms with Gasteiger partial charge in [0.1, 0.15) is 0 Å². The third kappa shape index (κ3) is 3.67. The van der Waals surface area contributed by atoms with Crippen LogP contribution in [-0.4, -0.2) is 18.2 Å². The Bertz CT molecular complexity index is 568. The molecular weight excluding hydrogens is 286 g/mol. The van der Waals surface area contributed by atoms with Gasteiger partial charge in [-0.15, -0.1) is 12.4 Å². The molecule has 0 bridgehead atoms. The highest BCUT2D eigenvalue weighted by molar-refractivity contribution is 5.85. The quantitative estimate of drug-likeness (QED) is 0.833. The van der Waals surface area contributed by atoms with E-state index in [0.717, 1.165) is 35.5 Å². The zero-order valence-corrected chi connectivity index (χ0v) is 12.9. The first-order valence-electron chi connectivity index (χ1n) is 7.12. The number of pyridine rings is 1. The largest absolute Gasteiger partial charge is 0.493 e. The average molecular weight is 306 g/mol. The molecule has 1 aliphatic rings. The molecule has 0 amide bonds. The molecule has 3 rings (SSSR count). The Hall–Kier alpha value is -1.74. The normalized spacial score (nSPS) is 14.5. The molecule has 0 radical (unpaired) electrons. The van der Waals surface area contributed by atoms with Crippen LogP contribution in [0.2, 0.25) is 0 Å². The van der Waals surface area contributed by atoms with Crippen molar-refractivity contribution in [2.24, 2.45) is 0 Å². The lowest BCUT2D eigenvalue weighted by Gasteiger charge is -2.17. The predicted octanol–water partition coefficient (Wildman–Crippen LogP) is 4.50. The molecule has 2 aromatic rings. The van der Waals surface area contributed by atoms with E-state index in [2.05, 4.69) is 17.1 Å². The van der Waals surface area contributed by atoms with E-state index >= 15 is 0 Å². The number of hydrogen-bond donors (Lipinski definition) is 0. The van der Waals surface area contributed by atoms with Crippen molar-refractivity contribution < 1.29 is 9.47 Å². The Kier molecular flexibility index (Phi) is 5.45. The standard InChI is InChI=1S/C17H19NO2.ClH/c1-19-16-7-6-14(13-8-10-18-11-9-13)12-17(16)20-15-4-2-3-5-15;/h6-12,15H,2-5H2,1H3;1H. The van der Waals surface area contributed by atoms with Crippen LogP contribution in [0.25, 0.3) is 11.1 Å². The van der Waals surface area contributed by atoms with Crippen molar-refractivity contribution >= 4 is 12.4 Å². The van der Waals surface area contributed by atoms with Gasteiger partial charge in [0.25, 0.3) is 0 Å². The molecule has 1 aromatic heterocycles. The molecular formula is C17H20ClNO2. The van der Waals surface area contributed by atoms with E-state index in [1.807, 2.05) is 18.2 Å². The maximum Gasteiger partial charge on any atom is 0.162 e. The van der Waals surface area contributed by atoms with Gasteiger partial charge in [0, 0.05) is 12.4 Å². The van der Waals surface area contributed by atoms with Gasteiger partial charge in [0.2, 0.25) is 0 Å². The molecule has 0 spiro atoms. The summed E-state index contributed by atoms with van der Waals surface area (Å²) in [6.07, 6.45) is 8.74. The zero-order valence-electron chi connectivity index (χ0n) is 12.1. The fourth-order valence-electron chi connectivity index (χ4n) is 2.68. The zero-order chi connectivity index (χ0) is 13.8. The highest BCUT2D eigenvalue weighted by Gasteiger charge is 2.18. The fourth-order valence-corrected chi connectivity index (χ4v) is 2.68. The molecule has 1 aromatic carbocycles. The van der Waals surface area contributed by atoms with Crippen LogP contribution in [0.5, 0.6) is 11.5 Å². The second-order valence-corrected chi connectivity index (χ2v) is 5.13. The summed E-state index contributed by atoms with van der Waals surface area (Å²) in [5.74, 6) is 1.64. The van der Waals surface area contributed by atoms with Gasteiger partial charge < -0.3 is 9.47 Å². The summed E-state index contributed by atoms with van der Waals surface area (Å²) in [6, 6.07) is 10.1. The molecule has 0 saturated heterocycles. The van der Waals surface area contributed by atoms with Gasteiger partial charge >= 0.3 is 0 Å². The van der Waals surface area contributed by atoms with Crippen LogP contribution in [0.1, 0.15) is 25.7 Å². The maximum absolute atomic E-state index is 6.12. The van der Waals surface area contributed by atoms with E-state index < -0.39 is 0 Å². The molecule has 21 heavy (non-hydrogen) atoms. The average Bonchev–Trinajstić information content (AvgIpc) is 3.01. The first kappa shape index (κ1) is 15.6. The molecule has 4 heteroatoms. The van der Waals surface area contributed by atoms with Crippen molar-refractivity contribution in [3.8, 4) is 22.6 Å². The monoisotopic (exact) mass is 305 g/mol. The van der Waals surface area contributed by atoms with Crippen LogP contribution in [0, 0.1) is 0 Å². The molecule has 0 aliphatic heterocycles. The molecule has 0 atom stereocenters. The Morgan fingerprint density at radius 1 is 0.952 bits per heavy atom. The smallest absolute Gasteiger partial charge is 0.162 e. The number of benzene rings is 1. The van der Waals surface area contributed by atoms with E-state index in [9.17, 15) is 0 Å². The number of hydrogen-bond acceptors (Lipinski definition) is 3. The van der Waals surface area contributed by atoms with Gasteiger partial charge in [-0.25, -0.2) is 0 Å². The summed E-state index contributed by atoms with van der Waals surface area (Å²) in [6.45, 7) is 0. The number of rotatable bonds is 4. The van der Waals surface area contributed by atoms with E-state index in [1.54, 1.807) is 19.5 Å². The molecule has 1 heterocycles. The lowest BCUT2D eigenvalue weighted by molar-refractivity contribution is 0.201. The van der Waals surface area contributed by atoms with Crippen LogP contribution in [0.3, 0.4) is 0 Å². The molecule has 1 fully saturated rings. The van der Waals surface area contributed by atoms with Gasteiger partial charge in [-0.05, 0) is 61.1 Å². The number of nitrogens with zero attached hydrogens (tertiary/aromatic N) is 1. The molecule has 0 unspecified atom stereocenters. The van der Waals surface area contributed by atoms with Crippen molar-refractivity contribution in [3.05, 3.63) is 42.7 Å². The van der Waals surface area contributed by atoms with Crippen LogP contribution < -0.4 is 9.47 Å². The van der Waals surface area contributed by atoms with E-state index in [1.165, 1.54) is 12.8 Å². The van der Waals surface area contributed by atoms with Crippen LogP contribution in [0.15, 0.2) is 42.7 Å². The second-order valence-electron chi connectivity index (χ2n) is 5.13. The van der Waals surface area contributed by atoms with Crippen molar-refractivity contribution in [3.63, 3.8) is 0 Å². The second kappa shape index (κ2) is 7.32. The first-order chi connectivity index (χ1) is 9.86. The molecule has 0 N–H and O–H groups in total. The Labute approximate surface area is 131 Å². The highest BCUT2D eigenvalue weighted by atomic mass is 35.5. The number of methoxy groups -OCH3 is 1. The SMILES string of the molecule is COc1ccc(-c2ccncc2)cc1OC1CCCC1.Cl. The van der Waals surface area contributed by atoms with Crippen molar-refractivity contribution in [2.45, 2.75) is 31.8 Å². The van der Waals surface area contributed by atoms with Gasteiger partial charge in [-0.2, -0.15) is 0 Å².